The molecule has 5 heteroatoms. The molecule has 0 radical (unpaired) electrons. The van der Waals surface area contributed by atoms with Crippen LogP contribution < -0.4 is 4.74 Å². The minimum atomic E-state index is 0.602. The maximum atomic E-state index is 8.90. The van der Waals surface area contributed by atoms with E-state index in [0.29, 0.717) is 6.61 Å². The highest BCUT2D eigenvalue weighted by molar-refractivity contribution is 6.04. The van der Waals surface area contributed by atoms with Crippen LogP contribution in [0.5, 0.6) is 5.75 Å². The summed E-state index contributed by atoms with van der Waals surface area (Å²) >= 11 is 0. The Morgan fingerprint density at radius 1 is 1.40 bits per heavy atom. The highest BCUT2D eigenvalue weighted by Gasteiger charge is 2.18. The lowest BCUT2D eigenvalue weighted by molar-refractivity contribution is 0.317. The van der Waals surface area contributed by atoms with Gasteiger partial charge in [0.25, 0.3) is 0 Å². The van der Waals surface area contributed by atoms with Crippen LogP contribution in [0.15, 0.2) is 35.7 Å². The van der Waals surface area contributed by atoms with Gasteiger partial charge in [-0.25, -0.2) is 4.98 Å². The lowest BCUT2D eigenvalue weighted by Gasteiger charge is -2.08. The number of ether oxygens (including phenoxy) is 1. The van der Waals surface area contributed by atoms with Gasteiger partial charge in [-0.2, -0.15) is 0 Å². The number of hydrogen-bond donors (Lipinski definition) is 1. The molecule has 1 aromatic carbocycles. The molecule has 0 bridgehead atoms. The zero-order chi connectivity index (χ0) is 13.9. The fourth-order valence-electron chi connectivity index (χ4n) is 2.54. The molecular formula is C15H17N3O2. The molecule has 1 aliphatic rings. The fourth-order valence-corrected chi connectivity index (χ4v) is 2.54. The number of rotatable bonds is 4. The SMILES string of the molecule is Cn1ccnc1CCOc1ccc2c(c1)CC/C2=N\O. The van der Waals surface area contributed by atoms with Crippen molar-refractivity contribution in [3.8, 4) is 5.75 Å². The van der Waals surface area contributed by atoms with Crippen LogP contribution in [0.1, 0.15) is 23.4 Å². The van der Waals surface area contributed by atoms with Crippen LogP contribution in [0.2, 0.25) is 0 Å². The predicted molar refractivity (Wildman–Crippen MR) is 75.5 cm³/mol. The third kappa shape index (κ3) is 2.39. The molecule has 0 saturated carbocycles. The molecule has 0 aliphatic heterocycles. The van der Waals surface area contributed by atoms with Gasteiger partial charge >= 0.3 is 0 Å². The topological polar surface area (TPSA) is 59.6 Å². The first kappa shape index (κ1) is 12.7. The average Bonchev–Trinajstić information content (AvgIpc) is 3.05. The van der Waals surface area contributed by atoms with Crippen LogP contribution in [0.4, 0.5) is 0 Å². The second-order valence-corrected chi connectivity index (χ2v) is 4.92. The molecule has 1 heterocycles. The zero-order valence-electron chi connectivity index (χ0n) is 11.4. The van der Waals surface area contributed by atoms with Gasteiger partial charge in [-0.1, -0.05) is 5.16 Å². The Morgan fingerprint density at radius 3 is 3.05 bits per heavy atom. The largest absolute Gasteiger partial charge is 0.493 e. The Morgan fingerprint density at radius 2 is 2.30 bits per heavy atom. The van der Waals surface area contributed by atoms with Gasteiger partial charge in [0, 0.05) is 31.4 Å². The van der Waals surface area contributed by atoms with Crippen molar-refractivity contribution in [1.82, 2.24) is 9.55 Å². The van der Waals surface area contributed by atoms with E-state index in [-0.39, 0.29) is 0 Å². The summed E-state index contributed by atoms with van der Waals surface area (Å²) in [6.45, 7) is 0.602. The molecular weight excluding hydrogens is 254 g/mol. The number of imidazole rings is 1. The number of oxime groups is 1. The molecule has 1 N–H and O–H groups in total. The number of hydrogen-bond acceptors (Lipinski definition) is 4. The van der Waals surface area contributed by atoms with Gasteiger partial charge < -0.3 is 14.5 Å². The molecule has 0 spiro atoms. The van der Waals surface area contributed by atoms with Gasteiger partial charge in [-0.3, -0.25) is 0 Å². The summed E-state index contributed by atoms with van der Waals surface area (Å²) in [5.74, 6) is 1.87. The van der Waals surface area contributed by atoms with E-state index in [0.717, 1.165) is 42.1 Å². The molecule has 0 saturated heterocycles. The van der Waals surface area contributed by atoms with E-state index in [2.05, 4.69) is 10.1 Å². The molecule has 3 rings (SSSR count). The van der Waals surface area contributed by atoms with Gasteiger partial charge in [0.2, 0.25) is 0 Å². The Hall–Kier alpha value is -2.30. The van der Waals surface area contributed by atoms with Crippen molar-refractivity contribution in [2.24, 2.45) is 12.2 Å². The van der Waals surface area contributed by atoms with E-state index in [1.54, 1.807) is 6.20 Å². The summed E-state index contributed by atoms with van der Waals surface area (Å²) in [5.41, 5.74) is 2.98. The molecule has 104 valence electrons. The number of nitrogens with zero attached hydrogens (tertiary/aromatic N) is 3. The van der Waals surface area contributed by atoms with Crippen LogP contribution in [-0.4, -0.2) is 27.1 Å². The first-order valence-electron chi connectivity index (χ1n) is 6.71. The van der Waals surface area contributed by atoms with Crippen molar-refractivity contribution < 1.29 is 9.94 Å². The summed E-state index contributed by atoms with van der Waals surface area (Å²) < 4.78 is 7.77. The smallest absolute Gasteiger partial charge is 0.119 e. The van der Waals surface area contributed by atoms with Crippen molar-refractivity contribution in [3.05, 3.63) is 47.5 Å². The summed E-state index contributed by atoms with van der Waals surface area (Å²) in [4.78, 5) is 4.27. The lowest BCUT2D eigenvalue weighted by atomic mass is 10.1. The average molecular weight is 271 g/mol. The van der Waals surface area contributed by atoms with Crippen molar-refractivity contribution in [2.75, 3.05) is 6.61 Å². The molecule has 5 nitrogen and oxygen atoms in total. The van der Waals surface area contributed by atoms with Gasteiger partial charge in [-0.05, 0) is 36.6 Å². The van der Waals surface area contributed by atoms with Crippen LogP contribution in [0.25, 0.3) is 0 Å². The van der Waals surface area contributed by atoms with E-state index < -0.39 is 0 Å². The molecule has 20 heavy (non-hydrogen) atoms. The van der Waals surface area contributed by atoms with E-state index in [9.17, 15) is 0 Å². The quantitative estimate of drug-likeness (QED) is 0.685. The summed E-state index contributed by atoms with van der Waals surface area (Å²) in [5, 5.41) is 12.2. The Bertz CT molecular complexity index is 646. The standard InChI is InChI=1S/C15H17N3O2/c1-18-8-7-16-15(18)6-9-20-12-3-4-13-11(10-12)2-5-14(13)17-19/h3-4,7-8,10,19H,2,5-6,9H2,1H3/b17-14+. The van der Waals surface area contributed by atoms with E-state index in [4.69, 9.17) is 9.94 Å². The van der Waals surface area contributed by atoms with Crippen molar-refractivity contribution in [1.29, 1.82) is 0 Å². The maximum absolute atomic E-state index is 8.90. The fraction of sp³-hybridized carbons (Fsp3) is 0.333. The summed E-state index contributed by atoms with van der Waals surface area (Å²) in [6, 6.07) is 5.92. The Labute approximate surface area is 117 Å². The number of fused-ring (bicyclic) bond motifs is 1. The molecule has 0 amide bonds. The second-order valence-electron chi connectivity index (χ2n) is 4.92. The minimum Gasteiger partial charge on any atom is -0.493 e. The monoisotopic (exact) mass is 271 g/mol. The Kier molecular flexibility index (Phi) is 3.41. The molecule has 1 aromatic heterocycles. The number of aryl methyl sites for hydroxylation is 2. The maximum Gasteiger partial charge on any atom is 0.119 e. The zero-order valence-corrected chi connectivity index (χ0v) is 11.4. The Balaban J connectivity index is 1.63. The van der Waals surface area contributed by atoms with Crippen LogP contribution in [-0.2, 0) is 19.9 Å². The van der Waals surface area contributed by atoms with Gasteiger partial charge in [0.15, 0.2) is 0 Å². The van der Waals surface area contributed by atoms with Crippen molar-refractivity contribution in [3.63, 3.8) is 0 Å². The first-order chi connectivity index (χ1) is 9.78. The first-order valence-corrected chi connectivity index (χ1v) is 6.71. The predicted octanol–water partition coefficient (Wildman–Crippen LogP) is 2.17. The molecule has 0 atom stereocenters. The van der Waals surface area contributed by atoms with Crippen molar-refractivity contribution >= 4 is 5.71 Å². The van der Waals surface area contributed by atoms with E-state index in [1.165, 1.54) is 5.56 Å². The summed E-state index contributed by atoms with van der Waals surface area (Å²) in [6.07, 6.45) is 6.21. The number of benzene rings is 1. The summed E-state index contributed by atoms with van der Waals surface area (Å²) in [7, 11) is 1.98. The van der Waals surface area contributed by atoms with E-state index in [1.807, 2.05) is 36.0 Å². The highest BCUT2D eigenvalue weighted by atomic mass is 16.5. The minimum absolute atomic E-state index is 0.602. The highest BCUT2D eigenvalue weighted by Crippen LogP contribution is 2.26. The van der Waals surface area contributed by atoms with Gasteiger partial charge in [0.1, 0.15) is 11.6 Å². The normalized spacial score (nSPS) is 15.6. The van der Waals surface area contributed by atoms with Crippen molar-refractivity contribution in [2.45, 2.75) is 19.3 Å². The van der Waals surface area contributed by atoms with Crippen LogP contribution in [0, 0.1) is 0 Å². The third-order valence-corrected chi connectivity index (χ3v) is 3.65. The van der Waals surface area contributed by atoms with Crippen LogP contribution >= 0.6 is 0 Å². The second kappa shape index (κ2) is 5.36. The number of aromatic nitrogens is 2. The lowest BCUT2D eigenvalue weighted by Crippen LogP contribution is -2.06. The van der Waals surface area contributed by atoms with E-state index >= 15 is 0 Å². The molecule has 0 fully saturated rings. The van der Waals surface area contributed by atoms with Crippen LogP contribution in [0.3, 0.4) is 0 Å². The third-order valence-electron chi connectivity index (χ3n) is 3.65. The molecule has 2 aromatic rings. The van der Waals surface area contributed by atoms with Gasteiger partial charge in [0.05, 0.1) is 12.3 Å². The van der Waals surface area contributed by atoms with Gasteiger partial charge in [-0.15, -0.1) is 0 Å². The molecule has 0 unspecified atom stereocenters. The molecule has 1 aliphatic carbocycles.